The molecule has 0 aliphatic heterocycles. The van der Waals surface area contributed by atoms with Crippen LogP contribution in [0.5, 0.6) is 17.4 Å². The molecular weight excluding hydrogens is 382 g/mol. The van der Waals surface area contributed by atoms with Crippen LogP contribution in [-0.2, 0) is 6.54 Å². The van der Waals surface area contributed by atoms with Gasteiger partial charge in [-0.1, -0.05) is 30.3 Å². The zero-order valence-corrected chi connectivity index (χ0v) is 16.2. The number of aromatic amines is 1. The second-order valence-electron chi connectivity index (χ2n) is 6.57. The summed E-state index contributed by atoms with van der Waals surface area (Å²) in [5.74, 6) is 1.27. The van der Waals surface area contributed by atoms with Gasteiger partial charge in [-0.25, -0.2) is 4.98 Å². The van der Waals surface area contributed by atoms with Crippen LogP contribution in [0.25, 0.3) is 10.9 Å². The van der Waals surface area contributed by atoms with Gasteiger partial charge in [-0.15, -0.1) is 0 Å². The van der Waals surface area contributed by atoms with Crippen molar-refractivity contribution < 1.29 is 14.3 Å². The number of methoxy groups -OCH3 is 1. The third-order valence-corrected chi connectivity index (χ3v) is 4.51. The number of hydrogen-bond acceptors (Lipinski definition) is 5. The molecule has 0 radical (unpaired) electrons. The maximum absolute atomic E-state index is 12.5. The van der Waals surface area contributed by atoms with Gasteiger partial charge in [0.15, 0.2) is 0 Å². The van der Waals surface area contributed by atoms with Crippen LogP contribution in [0.15, 0.2) is 77.7 Å². The smallest absolute Gasteiger partial charge is 0.261 e. The minimum Gasteiger partial charge on any atom is -0.497 e. The molecule has 4 rings (SSSR count). The van der Waals surface area contributed by atoms with Gasteiger partial charge in [0.25, 0.3) is 11.5 Å². The van der Waals surface area contributed by atoms with Crippen LogP contribution in [-0.4, -0.2) is 23.0 Å². The standard InChI is InChI=1S/C23H19N3O4/c1-29-17-6-4-7-18(12-17)30-21-10-9-15(13-24-21)14-25-22(27)19-11-16-5-2-3-8-20(16)26-23(19)28/h2-13H,14H2,1H3,(H,25,27)(H,26,28). The second-order valence-corrected chi connectivity index (χ2v) is 6.57. The van der Waals surface area contributed by atoms with Gasteiger partial charge in [0, 0.05) is 30.4 Å². The summed E-state index contributed by atoms with van der Waals surface area (Å²) >= 11 is 0. The number of carbonyl (C=O) groups is 1. The number of aromatic nitrogens is 2. The van der Waals surface area contributed by atoms with E-state index in [2.05, 4.69) is 15.3 Å². The number of pyridine rings is 2. The fourth-order valence-corrected chi connectivity index (χ4v) is 2.95. The molecule has 2 heterocycles. The van der Waals surface area contributed by atoms with E-state index in [0.717, 1.165) is 10.9 Å². The molecule has 1 amide bonds. The average Bonchev–Trinajstić information content (AvgIpc) is 2.78. The highest BCUT2D eigenvalue weighted by Gasteiger charge is 2.11. The normalized spacial score (nSPS) is 10.6. The van der Waals surface area contributed by atoms with Crippen molar-refractivity contribution in [3.05, 3.63) is 94.4 Å². The lowest BCUT2D eigenvalue weighted by molar-refractivity contribution is 0.0949. The predicted molar refractivity (Wildman–Crippen MR) is 113 cm³/mol. The highest BCUT2D eigenvalue weighted by molar-refractivity contribution is 5.97. The summed E-state index contributed by atoms with van der Waals surface area (Å²) in [4.78, 5) is 31.6. The van der Waals surface area contributed by atoms with Crippen molar-refractivity contribution in [2.75, 3.05) is 7.11 Å². The maximum Gasteiger partial charge on any atom is 0.261 e. The average molecular weight is 401 g/mol. The summed E-state index contributed by atoms with van der Waals surface area (Å²) in [6, 6.07) is 19.6. The molecule has 0 spiro atoms. The Morgan fingerprint density at radius 2 is 1.87 bits per heavy atom. The van der Waals surface area contributed by atoms with Gasteiger partial charge in [-0.2, -0.15) is 0 Å². The molecule has 2 aromatic carbocycles. The van der Waals surface area contributed by atoms with Crippen LogP contribution < -0.4 is 20.3 Å². The zero-order chi connectivity index (χ0) is 20.9. The summed E-state index contributed by atoms with van der Waals surface area (Å²) in [7, 11) is 1.59. The number of para-hydroxylation sites is 1. The number of fused-ring (bicyclic) bond motifs is 1. The van der Waals surface area contributed by atoms with Crippen LogP contribution in [0, 0.1) is 0 Å². The van der Waals surface area contributed by atoms with Crippen molar-refractivity contribution in [2.24, 2.45) is 0 Å². The summed E-state index contributed by atoms with van der Waals surface area (Å²) in [5.41, 5.74) is 1.11. The lowest BCUT2D eigenvalue weighted by atomic mass is 10.1. The van der Waals surface area contributed by atoms with Crippen LogP contribution in [0.2, 0.25) is 0 Å². The molecule has 150 valence electrons. The molecule has 0 bridgehead atoms. The Labute approximate surface area is 172 Å². The number of H-pyrrole nitrogens is 1. The predicted octanol–water partition coefficient (Wildman–Crippen LogP) is 3.65. The first-order chi connectivity index (χ1) is 14.6. The first-order valence-electron chi connectivity index (χ1n) is 9.29. The van der Waals surface area contributed by atoms with Crippen molar-refractivity contribution in [1.82, 2.24) is 15.3 Å². The molecule has 0 aliphatic rings. The van der Waals surface area contributed by atoms with E-state index in [-0.39, 0.29) is 12.1 Å². The van der Waals surface area contributed by atoms with Gasteiger partial charge in [-0.05, 0) is 35.2 Å². The zero-order valence-electron chi connectivity index (χ0n) is 16.2. The van der Waals surface area contributed by atoms with Gasteiger partial charge in [-0.3, -0.25) is 9.59 Å². The van der Waals surface area contributed by atoms with E-state index >= 15 is 0 Å². The van der Waals surface area contributed by atoms with Gasteiger partial charge in [0.05, 0.1) is 7.11 Å². The van der Waals surface area contributed by atoms with E-state index in [9.17, 15) is 9.59 Å². The number of nitrogens with one attached hydrogen (secondary N) is 2. The Bertz CT molecular complexity index is 1250. The Morgan fingerprint density at radius 1 is 1.03 bits per heavy atom. The van der Waals surface area contributed by atoms with E-state index in [0.29, 0.717) is 22.9 Å². The number of hydrogen-bond donors (Lipinski definition) is 2. The molecule has 0 saturated carbocycles. The number of carbonyl (C=O) groups excluding carboxylic acids is 1. The van der Waals surface area contributed by atoms with Gasteiger partial charge < -0.3 is 19.8 Å². The molecule has 0 aliphatic carbocycles. The number of nitrogens with zero attached hydrogens (tertiary/aromatic N) is 1. The molecule has 7 nitrogen and oxygen atoms in total. The largest absolute Gasteiger partial charge is 0.497 e. The third kappa shape index (κ3) is 4.30. The molecule has 7 heteroatoms. The molecule has 0 atom stereocenters. The number of benzene rings is 2. The fourth-order valence-electron chi connectivity index (χ4n) is 2.95. The molecule has 0 fully saturated rings. The summed E-state index contributed by atoms with van der Waals surface area (Å²) < 4.78 is 10.9. The molecule has 2 N–H and O–H groups in total. The van der Waals surface area contributed by atoms with Crippen molar-refractivity contribution >= 4 is 16.8 Å². The quantitative estimate of drug-likeness (QED) is 0.514. The van der Waals surface area contributed by atoms with Gasteiger partial charge >= 0.3 is 0 Å². The van der Waals surface area contributed by atoms with Crippen LogP contribution in [0.3, 0.4) is 0 Å². The molecule has 2 aromatic heterocycles. The molecule has 4 aromatic rings. The van der Waals surface area contributed by atoms with Gasteiger partial charge in [0.1, 0.15) is 17.1 Å². The van der Waals surface area contributed by atoms with Crippen molar-refractivity contribution in [2.45, 2.75) is 6.54 Å². The van der Waals surface area contributed by atoms with Crippen LogP contribution >= 0.6 is 0 Å². The summed E-state index contributed by atoms with van der Waals surface area (Å²) in [6.45, 7) is 0.234. The highest BCUT2D eigenvalue weighted by atomic mass is 16.5. The Kier molecular flexibility index (Phi) is 5.43. The Hall–Kier alpha value is -4.13. The SMILES string of the molecule is COc1cccc(Oc2ccc(CNC(=O)c3cc4ccccc4[nH]c3=O)cn2)c1. The first kappa shape index (κ1) is 19.2. The Morgan fingerprint density at radius 3 is 2.67 bits per heavy atom. The number of amides is 1. The molecule has 0 unspecified atom stereocenters. The van der Waals surface area contributed by atoms with Gasteiger partial charge in [0.2, 0.25) is 5.88 Å². The van der Waals surface area contributed by atoms with Crippen LogP contribution in [0.4, 0.5) is 0 Å². The molecule has 30 heavy (non-hydrogen) atoms. The van der Waals surface area contributed by atoms with E-state index in [4.69, 9.17) is 9.47 Å². The lowest BCUT2D eigenvalue weighted by Gasteiger charge is -2.08. The minimum atomic E-state index is -0.446. The fraction of sp³-hybridized carbons (Fsp3) is 0.0870. The van der Waals surface area contributed by atoms with Crippen molar-refractivity contribution in [1.29, 1.82) is 0 Å². The minimum absolute atomic E-state index is 0.0691. The third-order valence-electron chi connectivity index (χ3n) is 4.51. The summed E-state index contributed by atoms with van der Waals surface area (Å²) in [5, 5.41) is 3.54. The lowest BCUT2D eigenvalue weighted by Crippen LogP contribution is -2.29. The maximum atomic E-state index is 12.5. The molecule has 0 saturated heterocycles. The monoisotopic (exact) mass is 401 g/mol. The van der Waals surface area contributed by atoms with E-state index < -0.39 is 11.5 Å². The first-order valence-corrected chi connectivity index (χ1v) is 9.29. The van der Waals surface area contributed by atoms with Crippen molar-refractivity contribution in [3.8, 4) is 17.4 Å². The number of rotatable bonds is 6. The van der Waals surface area contributed by atoms with E-state index in [1.807, 2.05) is 30.3 Å². The molecular formula is C23H19N3O4. The van der Waals surface area contributed by atoms with Crippen LogP contribution in [0.1, 0.15) is 15.9 Å². The topological polar surface area (TPSA) is 93.3 Å². The van der Waals surface area contributed by atoms with E-state index in [1.165, 1.54) is 0 Å². The second kappa shape index (κ2) is 8.48. The van der Waals surface area contributed by atoms with Crippen molar-refractivity contribution in [3.63, 3.8) is 0 Å². The highest BCUT2D eigenvalue weighted by Crippen LogP contribution is 2.23. The number of ether oxygens (including phenoxy) is 2. The van der Waals surface area contributed by atoms with E-state index in [1.54, 1.807) is 49.7 Å². The summed E-state index contributed by atoms with van der Waals surface area (Å²) in [6.07, 6.45) is 1.61. The Balaban J connectivity index is 1.41.